The van der Waals surface area contributed by atoms with Crippen molar-refractivity contribution in [1.82, 2.24) is 5.32 Å². The molecule has 2 rings (SSSR count). The maximum Gasteiger partial charge on any atom is 0.228 e. The smallest absolute Gasteiger partial charge is 0.228 e. The molecule has 18 heavy (non-hydrogen) atoms. The van der Waals surface area contributed by atoms with Crippen LogP contribution in [-0.2, 0) is 11.2 Å². The Labute approximate surface area is 108 Å². The van der Waals surface area contributed by atoms with Crippen LogP contribution in [0.2, 0.25) is 0 Å². The molecule has 3 nitrogen and oxygen atoms in total. The average Bonchev–Trinajstić information content (AvgIpc) is 2.37. The molecule has 0 fully saturated rings. The molecule has 0 saturated heterocycles. The largest absolute Gasteiger partial charge is 0.394 e. The molecule has 1 aromatic carbocycles. The molecule has 0 saturated carbocycles. The highest BCUT2D eigenvalue weighted by Gasteiger charge is 2.36. The van der Waals surface area contributed by atoms with E-state index in [0.717, 1.165) is 24.8 Å². The number of benzene rings is 1. The van der Waals surface area contributed by atoms with Crippen molar-refractivity contribution in [2.24, 2.45) is 0 Å². The predicted octanol–water partition coefficient (Wildman–Crippen LogP) is 1.99. The number of amides is 1. The number of aliphatic hydroxyl groups is 1. The first kappa shape index (κ1) is 13.1. The van der Waals surface area contributed by atoms with Crippen LogP contribution in [0.4, 0.5) is 0 Å². The zero-order chi connectivity index (χ0) is 13.2. The number of hydrogen-bond donors (Lipinski definition) is 2. The Balaban J connectivity index is 2.07. The normalized spacial score (nSPS) is 17.8. The molecule has 1 unspecified atom stereocenters. The van der Waals surface area contributed by atoms with Crippen molar-refractivity contribution in [3.8, 4) is 0 Å². The Bertz CT molecular complexity index is 430. The van der Waals surface area contributed by atoms with E-state index >= 15 is 0 Å². The number of aliphatic hydroxyl groups excluding tert-OH is 1. The molecular weight excluding hydrogens is 226 g/mol. The van der Waals surface area contributed by atoms with Crippen LogP contribution in [-0.4, -0.2) is 23.2 Å². The van der Waals surface area contributed by atoms with Crippen LogP contribution in [0.5, 0.6) is 0 Å². The van der Waals surface area contributed by atoms with Crippen LogP contribution in [0.25, 0.3) is 0 Å². The van der Waals surface area contributed by atoms with E-state index in [2.05, 4.69) is 11.4 Å². The van der Waals surface area contributed by atoms with Crippen LogP contribution < -0.4 is 5.32 Å². The van der Waals surface area contributed by atoms with E-state index < -0.39 is 5.54 Å². The highest BCUT2D eigenvalue weighted by atomic mass is 16.3. The molecule has 0 spiro atoms. The van der Waals surface area contributed by atoms with Gasteiger partial charge < -0.3 is 10.4 Å². The fourth-order valence-corrected chi connectivity index (χ4v) is 2.53. The number of nitrogens with one attached hydrogen (secondary N) is 1. The molecule has 1 aliphatic carbocycles. The quantitative estimate of drug-likeness (QED) is 0.836. The van der Waals surface area contributed by atoms with Gasteiger partial charge in [-0.15, -0.1) is 0 Å². The fraction of sp³-hybridized carbons (Fsp3) is 0.533. The van der Waals surface area contributed by atoms with Gasteiger partial charge in [-0.05, 0) is 30.4 Å². The summed E-state index contributed by atoms with van der Waals surface area (Å²) in [4.78, 5) is 12.3. The zero-order valence-corrected chi connectivity index (χ0v) is 11.1. The second-order valence-electron chi connectivity index (χ2n) is 5.09. The number of carbonyl (C=O) groups excluding carboxylic acids is 1. The van der Waals surface area contributed by atoms with Crippen molar-refractivity contribution in [2.45, 2.75) is 44.6 Å². The second-order valence-corrected chi connectivity index (χ2v) is 5.09. The van der Waals surface area contributed by atoms with Crippen LogP contribution >= 0.6 is 0 Å². The molecule has 3 heteroatoms. The monoisotopic (exact) mass is 247 g/mol. The first-order chi connectivity index (χ1) is 8.65. The average molecular weight is 247 g/mol. The molecule has 0 bridgehead atoms. The molecule has 98 valence electrons. The van der Waals surface area contributed by atoms with E-state index in [1.54, 1.807) is 0 Å². The SMILES string of the molecule is CCC(CC)(CO)NC(=O)C1Cc2ccccc21. The number of hydrogen-bond acceptors (Lipinski definition) is 2. The van der Waals surface area contributed by atoms with E-state index in [-0.39, 0.29) is 18.4 Å². The molecule has 1 aromatic rings. The minimum atomic E-state index is -0.457. The van der Waals surface area contributed by atoms with Crippen molar-refractivity contribution < 1.29 is 9.90 Å². The lowest BCUT2D eigenvalue weighted by atomic mass is 9.76. The van der Waals surface area contributed by atoms with E-state index in [4.69, 9.17) is 0 Å². The molecule has 1 atom stereocenters. The van der Waals surface area contributed by atoms with E-state index in [1.165, 1.54) is 5.56 Å². The van der Waals surface area contributed by atoms with Gasteiger partial charge in [0.05, 0.1) is 18.1 Å². The van der Waals surface area contributed by atoms with Gasteiger partial charge >= 0.3 is 0 Å². The third kappa shape index (κ3) is 2.15. The highest BCUT2D eigenvalue weighted by molar-refractivity contribution is 5.87. The van der Waals surface area contributed by atoms with Gasteiger partial charge in [-0.3, -0.25) is 4.79 Å². The van der Waals surface area contributed by atoms with E-state index in [0.29, 0.717) is 0 Å². The van der Waals surface area contributed by atoms with Gasteiger partial charge in [-0.2, -0.15) is 0 Å². The van der Waals surface area contributed by atoms with Gasteiger partial charge in [0.15, 0.2) is 0 Å². The molecule has 0 aliphatic heterocycles. The van der Waals surface area contributed by atoms with Crippen LogP contribution in [0.15, 0.2) is 24.3 Å². The van der Waals surface area contributed by atoms with Crippen LogP contribution in [0.1, 0.15) is 43.7 Å². The lowest BCUT2D eigenvalue weighted by molar-refractivity contribution is -0.125. The van der Waals surface area contributed by atoms with E-state index in [9.17, 15) is 9.90 Å². The predicted molar refractivity (Wildman–Crippen MR) is 71.4 cm³/mol. The van der Waals surface area contributed by atoms with Gasteiger partial charge in [0.1, 0.15) is 0 Å². The molecule has 0 radical (unpaired) electrons. The first-order valence-electron chi connectivity index (χ1n) is 6.66. The summed E-state index contributed by atoms with van der Waals surface area (Å²) >= 11 is 0. The Kier molecular flexibility index (Phi) is 3.71. The number of carbonyl (C=O) groups is 1. The lowest BCUT2D eigenvalue weighted by Gasteiger charge is -2.36. The van der Waals surface area contributed by atoms with Crippen molar-refractivity contribution >= 4 is 5.91 Å². The fourth-order valence-electron chi connectivity index (χ4n) is 2.53. The molecule has 0 aromatic heterocycles. The summed E-state index contributed by atoms with van der Waals surface area (Å²) in [5, 5.41) is 12.5. The topological polar surface area (TPSA) is 49.3 Å². The van der Waals surface area contributed by atoms with E-state index in [1.807, 2.05) is 32.0 Å². The third-order valence-electron chi connectivity index (χ3n) is 4.22. The summed E-state index contributed by atoms with van der Waals surface area (Å²) in [7, 11) is 0. The highest BCUT2D eigenvalue weighted by Crippen LogP contribution is 2.35. The van der Waals surface area contributed by atoms with Crippen LogP contribution in [0, 0.1) is 0 Å². The Morgan fingerprint density at radius 3 is 2.61 bits per heavy atom. The molecule has 1 amide bonds. The maximum absolute atomic E-state index is 12.3. The van der Waals surface area contributed by atoms with Crippen LogP contribution in [0.3, 0.4) is 0 Å². The minimum absolute atomic E-state index is 0.000106. The summed E-state index contributed by atoms with van der Waals surface area (Å²) in [6, 6.07) is 8.06. The Morgan fingerprint density at radius 1 is 1.39 bits per heavy atom. The standard InChI is InChI=1S/C15H21NO2/c1-3-15(4-2,10-17)16-14(18)13-9-11-7-5-6-8-12(11)13/h5-8,13,17H,3-4,9-10H2,1-2H3,(H,16,18). The maximum atomic E-state index is 12.3. The van der Waals surface area contributed by atoms with Crippen molar-refractivity contribution in [2.75, 3.05) is 6.61 Å². The first-order valence-corrected chi connectivity index (χ1v) is 6.66. The van der Waals surface area contributed by atoms with Crippen molar-refractivity contribution in [3.63, 3.8) is 0 Å². The number of fused-ring (bicyclic) bond motifs is 1. The molecule has 0 heterocycles. The third-order valence-corrected chi connectivity index (χ3v) is 4.22. The van der Waals surface area contributed by atoms with Crippen molar-refractivity contribution in [3.05, 3.63) is 35.4 Å². The molecule has 1 aliphatic rings. The van der Waals surface area contributed by atoms with Gasteiger partial charge in [0.2, 0.25) is 5.91 Å². The summed E-state index contributed by atoms with van der Waals surface area (Å²) in [6.07, 6.45) is 2.32. The lowest BCUT2D eigenvalue weighted by Crippen LogP contribution is -2.53. The summed E-state index contributed by atoms with van der Waals surface area (Å²) in [5.74, 6) is 0.0108. The summed E-state index contributed by atoms with van der Waals surface area (Å²) < 4.78 is 0. The van der Waals surface area contributed by atoms with Gasteiger partial charge in [0.25, 0.3) is 0 Å². The van der Waals surface area contributed by atoms with Gasteiger partial charge in [-0.1, -0.05) is 38.1 Å². The van der Waals surface area contributed by atoms with Crippen molar-refractivity contribution in [1.29, 1.82) is 0 Å². The second kappa shape index (κ2) is 5.11. The zero-order valence-electron chi connectivity index (χ0n) is 11.1. The Morgan fingerprint density at radius 2 is 2.06 bits per heavy atom. The summed E-state index contributed by atoms with van der Waals surface area (Å²) in [6.45, 7) is 3.99. The minimum Gasteiger partial charge on any atom is -0.394 e. The van der Waals surface area contributed by atoms with Gasteiger partial charge in [0, 0.05) is 0 Å². The molecular formula is C15H21NO2. The summed E-state index contributed by atoms with van der Waals surface area (Å²) in [5.41, 5.74) is 1.94. The van der Waals surface area contributed by atoms with Gasteiger partial charge in [-0.25, -0.2) is 0 Å². The Hall–Kier alpha value is -1.35. The number of rotatable bonds is 5. The molecule has 2 N–H and O–H groups in total.